The number of nitrogens with zero attached hydrogens (tertiary/aromatic N) is 3. The molecule has 3 fully saturated rings. The van der Waals surface area contributed by atoms with Gasteiger partial charge in [0.1, 0.15) is 5.82 Å². The first-order valence-electron chi connectivity index (χ1n) is 15.4. The first kappa shape index (κ1) is 31.8. The van der Waals surface area contributed by atoms with Crippen LogP contribution in [0.25, 0.3) is 21.9 Å². The average molecular weight is 656 g/mol. The third kappa shape index (κ3) is 6.90. The lowest BCUT2D eigenvalue weighted by molar-refractivity contribution is 0.0730. The summed E-state index contributed by atoms with van der Waals surface area (Å²) in [6.07, 6.45) is 6.48. The molecule has 2 N–H and O–H groups in total. The van der Waals surface area contributed by atoms with Crippen molar-refractivity contribution in [3.8, 4) is 11.1 Å². The van der Waals surface area contributed by atoms with Gasteiger partial charge in [0.05, 0.1) is 0 Å². The Morgan fingerprint density at radius 2 is 1.84 bits per heavy atom. The van der Waals surface area contributed by atoms with Gasteiger partial charge in [-0.05, 0) is 91.4 Å². The molecule has 9 heteroatoms. The van der Waals surface area contributed by atoms with Crippen molar-refractivity contribution >= 4 is 33.7 Å². The predicted octanol–water partition coefficient (Wildman–Crippen LogP) is 5.27. The minimum absolute atomic E-state index is 0. The van der Waals surface area contributed by atoms with Gasteiger partial charge >= 0.3 is 0 Å². The summed E-state index contributed by atoms with van der Waals surface area (Å²) in [5, 5.41) is 14.3. The highest BCUT2D eigenvalue weighted by Gasteiger charge is 2.34. The number of hydrogen-bond acceptors (Lipinski definition) is 5. The molecule has 6 rings (SSSR count). The van der Waals surface area contributed by atoms with Crippen LogP contribution in [0.4, 0.5) is 4.39 Å². The smallest absolute Gasteiger partial charge is 0.258 e. The summed E-state index contributed by atoms with van der Waals surface area (Å²) >= 11 is 0. The van der Waals surface area contributed by atoms with Crippen LogP contribution in [-0.4, -0.2) is 69.7 Å². The fourth-order valence-electron chi connectivity index (χ4n) is 6.24. The molecule has 1 aliphatic heterocycles. The van der Waals surface area contributed by atoms with Crippen molar-refractivity contribution in [2.24, 2.45) is 5.41 Å². The summed E-state index contributed by atoms with van der Waals surface area (Å²) < 4.78 is 16.9. The highest BCUT2D eigenvalue weighted by molar-refractivity contribution is 8.93. The molecule has 3 aliphatic rings. The lowest BCUT2D eigenvalue weighted by Crippen LogP contribution is -2.52. The summed E-state index contributed by atoms with van der Waals surface area (Å²) in [5.74, 6) is -0.675. The number of amides is 1. The van der Waals surface area contributed by atoms with E-state index in [1.807, 2.05) is 38.2 Å². The standard InChI is InChI=1S/C34H43FN4O3.BrH/c1-21-16-38(27-8-9-27)12-11-37(21)17-25-18-39(19-34(3,4)20-40)33(42)28-10-5-23(13-30(25)28)29-14-24(15-31(35)22(29)2)32(41)36-26-6-7-26;/h5,10,13-15,18,21,26-27,40H,6-9,11-12,16-17,19-20H2,1-4H3,(H,36,41);1H/t21-;/m1./s1. The number of halogens is 2. The topological polar surface area (TPSA) is 77.8 Å². The molecule has 3 aromatic rings. The van der Waals surface area contributed by atoms with Crippen molar-refractivity contribution in [2.45, 2.75) is 84.6 Å². The first-order chi connectivity index (χ1) is 20.0. The van der Waals surface area contributed by atoms with Gasteiger partial charge in [-0.3, -0.25) is 19.4 Å². The van der Waals surface area contributed by atoms with Gasteiger partial charge in [-0.1, -0.05) is 19.9 Å². The Hall–Kier alpha value is -2.59. The van der Waals surface area contributed by atoms with Gasteiger partial charge in [-0.15, -0.1) is 17.0 Å². The quantitative estimate of drug-likeness (QED) is 0.329. The van der Waals surface area contributed by atoms with Gasteiger partial charge in [-0.2, -0.15) is 0 Å². The van der Waals surface area contributed by atoms with Crippen LogP contribution < -0.4 is 10.9 Å². The third-order valence-electron chi connectivity index (χ3n) is 9.26. The van der Waals surface area contributed by atoms with Crippen LogP contribution in [0, 0.1) is 18.2 Å². The molecule has 1 aromatic heterocycles. The SMILES string of the molecule is Br.Cc1c(F)cc(C(=O)NC2CC2)cc1-c1ccc2c(=O)n(CC(C)(C)CO)cc(CN3CCN(C4CC4)C[C@H]3C)c2c1. The summed E-state index contributed by atoms with van der Waals surface area (Å²) in [5.41, 5.74) is 2.70. The maximum atomic E-state index is 15.1. The van der Waals surface area contributed by atoms with Gasteiger partial charge in [0.25, 0.3) is 11.5 Å². The Labute approximate surface area is 263 Å². The molecule has 1 saturated heterocycles. The molecule has 0 radical (unpaired) electrons. The molecule has 1 atom stereocenters. The molecule has 0 unspecified atom stereocenters. The number of aromatic nitrogens is 1. The Kier molecular flexibility index (Phi) is 9.19. The second-order valence-corrected chi connectivity index (χ2v) is 13.6. The number of rotatable bonds is 9. The lowest BCUT2D eigenvalue weighted by Gasteiger charge is -2.40. The molecule has 232 valence electrons. The number of benzene rings is 2. The van der Waals surface area contributed by atoms with Gasteiger partial charge in [-0.25, -0.2) is 4.39 Å². The second-order valence-electron chi connectivity index (χ2n) is 13.6. The molecule has 2 saturated carbocycles. The number of carbonyl (C=O) groups is 1. The zero-order valence-electron chi connectivity index (χ0n) is 25.7. The van der Waals surface area contributed by atoms with Gasteiger partial charge < -0.3 is 15.0 Å². The Bertz CT molecular complexity index is 1580. The van der Waals surface area contributed by atoms with Crippen molar-refractivity contribution in [1.29, 1.82) is 0 Å². The van der Waals surface area contributed by atoms with E-state index in [0.717, 1.165) is 55.0 Å². The van der Waals surface area contributed by atoms with E-state index in [1.54, 1.807) is 17.6 Å². The molecule has 7 nitrogen and oxygen atoms in total. The van der Waals surface area contributed by atoms with Crippen LogP contribution in [0.2, 0.25) is 0 Å². The maximum Gasteiger partial charge on any atom is 0.258 e. The lowest BCUT2D eigenvalue weighted by atomic mass is 9.93. The number of aliphatic hydroxyl groups excluding tert-OH is 1. The van der Waals surface area contributed by atoms with Gasteiger partial charge in [0, 0.05) is 80.0 Å². The van der Waals surface area contributed by atoms with Crippen LogP contribution in [0.5, 0.6) is 0 Å². The van der Waals surface area contributed by atoms with E-state index in [1.165, 1.54) is 18.9 Å². The Balaban J connectivity index is 0.00000368. The number of fused-ring (bicyclic) bond motifs is 1. The molecule has 1 amide bonds. The van der Waals surface area contributed by atoms with Crippen molar-refractivity contribution in [3.63, 3.8) is 0 Å². The summed E-state index contributed by atoms with van der Waals surface area (Å²) in [6, 6.07) is 10.1. The first-order valence-corrected chi connectivity index (χ1v) is 15.4. The highest BCUT2D eigenvalue weighted by Crippen LogP contribution is 2.33. The van der Waals surface area contributed by atoms with Gasteiger partial charge in [0.2, 0.25) is 0 Å². The summed E-state index contributed by atoms with van der Waals surface area (Å²) in [7, 11) is 0. The van der Waals surface area contributed by atoms with Crippen molar-refractivity contribution in [2.75, 3.05) is 26.2 Å². The van der Waals surface area contributed by atoms with E-state index in [4.69, 9.17) is 0 Å². The van der Waals surface area contributed by atoms with Crippen LogP contribution >= 0.6 is 17.0 Å². The van der Waals surface area contributed by atoms with E-state index in [0.29, 0.717) is 41.2 Å². The van der Waals surface area contributed by atoms with Crippen LogP contribution in [0.15, 0.2) is 41.3 Å². The fourth-order valence-corrected chi connectivity index (χ4v) is 6.24. The molecule has 43 heavy (non-hydrogen) atoms. The number of nitrogens with one attached hydrogen (secondary N) is 1. The maximum absolute atomic E-state index is 15.1. The molecular weight excluding hydrogens is 611 g/mol. The molecule has 2 aliphatic carbocycles. The third-order valence-corrected chi connectivity index (χ3v) is 9.26. The number of aliphatic hydroxyl groups is 1. The number of pyridine rings is 1. The largest absolute Gasteiger partial charge is 0.396 e. The molecule has 0 spiro atoms. The number of piperazine rings is 1. The van der Waals surface area contributed by atoms with E-state index < -0.39 is 11.2 Å². The van der Waals surface area contributed by atoms with Crippen molar-refractivity contribution in [1.82, 2.24) is 19.7 Å². The molecular formula is C34H44BrFN4O3. The minimum atomic E-state index is -0.450. The van der Waals surface area contributed by atoms with E-state index in [-0.39, 0.29) is 41.1 Å². The van der Waals surface area contributed by atoms with Crippen molar-refractivity contribution in [3.05, 3.63) is 69.4 Å². The monoisotopic (exact) mass is 654 g/mol. The highest BCUT2D eigenvalue weighted by atomic mass is 79.9. The van der Waals surface area contributed by atoms with Gasteiger partial charge in [0.15, 0.2) is 0 Å². The average Bonchev–Trinajstić information content (AvgIpc) is 3.89. The zero-order chi connectivity index (χ0) is 29.8. The van der Waals surface area contributed by atoms with Crippen LogP contribution in [-0.2, 0) is 13.1 Å². The summed E-state index contributed by atoms with van der Waals surface area (Å²) in [4.78, 5) is 31.6. The molecule has 2 aromatic carbocycles. The van der Waals surface area contributed by atoms with E-state index in [9.17, 15) is 14.7 Å². The number of hydrogen-bond donors (Lipinski definition) is 2. The summed E-state index contributed by atoms with van der Waals surface area (Å²) in [6.45, 7) is 12.0. The minimum Gasteiger partial charge on any atom is -0.396 e. The predicted molar refractivity (Wildman–Crippen MR) is 174 cm³/mol. The number of carbonyl (C=O) groups excluding carboxylic acids is 1. The van der Waals surface area contributed by atoms with E-state index in [2.05, 4.69) is 22.0 Å². The zero-order valence-corrected chi connectivity index (χ0v) is 27.4. The normalized spacial score (nSPS) is 19.8. The van der Waals surface area contributed by atoms with E-state index >= 15 is 4.39 Å². The molecule has 2 heterocycles. The fraction of sp³-hybridized carbons (Fsp3) is 0.529. The van der Waals surface area contributed by atoms with Crippen molar-refractivity contribution < 1.29 is 14.3 Å². The Morgan fingerprint density at radius 3 is 2.49 bits per heavy atom. The molecule has 0 bridgehead atoms. The Morgan fingerprint density at radius 1 is 1.09 bits per heavy atom. The second kappa shape index (κ2) is 12.4. The van der Waals surface area contributed by atoms with Crippen LogP contribution in [0.3, 0.4) is 0 Å². The van der Waals surface area contributed by atoms with Crippen LogP contribution in [0.1, 0.15) is 67.9 Å².